The molecule has 0 bridgehead atoms. The van der Waals surface area contributed by atoms with Crippen molar-refractivity contribution in [2.75, 3.05) is 19.5 Å². The first kappa shape index (κ1) is 19.3. The van der Waals surface area contributed by atoms with Crippen LogP contribution in [0.25, 0.3) is 0 Å². The molecule has 0 radical (unpaired) electrons. The van der Waals surface area contributed by atoms with Crippen molar-refractivity contribution in [3.8, 4) is 5.75 Å². The zero-order valence-electron chi connectivity index (χ0n) is 15.5. The summed E-state index contributed by atoms with van der Waals surface area (Å²) in [6.45, 7) is 1.54. The van der Waals surface area contributed by atoms with E-state index in [-0.39, 0.29) is 11.3 Å². The van der Waals surface area contributed by atoms with Gasteiger partial charge >= 0.3 is 6.03 Å². The number of carbonyl (C=O) groups is 2. The van der Waals surface area contributed by atoms with E-state index in [2.05, 4.69) is 10.6 Å². The smallest absolute Gasteiger partial charge is 0.322 e. The minimum atomic E-state index is -1.28. The predicted octanol–water partition coefficient (Wildman–Crippen LogP) is 3.58. The third kappa shape index (κ3) is 3.40. The quantitative estimate of drug-likeness (QED) is 0.842. The van der Waals surface area contributed by atoms with Gasteiger partial charge in [-0.05, 0) is 31.2 Å². The van der Waals surface area contributed by atoms with E-state index in [9.17, 15) is 18.4 Å². The van der Waals surface area contributed by atoms with E-state index in [1.165, 1.54) is 25.1 Å². The van der Waals surface area contributed by atoms with Gasteiger partial charge in [0.1, 0.15) is 17.4 Å². The third-order valence-corrected chi connectivity index (χ3v) is 4.64. The van der Waals surface area contributed by atoms with Crippen molar-refractivity contribution in [2.45, 2.75) is 13.0 Å². The average molecular weight is 387 g/mol. The lowest BCUT2D eigenvalue weighted by atomic mass is 9.93. The van der Waals surface area contributed by atoms with Crippen LogP contribution in [0, 0.1) is 11.6 Å². The van der Waals surface area contributed by atoms with Gasteiger partial charge in [0.05, 0.1) is 30.0 Å². The van der Waals surface area contributed by atoms with Crippen LogP contribution < -0.4 is 15.4 Å². The van der Waals surface area contributed by atoms with E-state index in [0.717, 1.165) is 12.1 Å². The van der Waals surface area contributed by atoms with Crippen LogP contribution >= 0.6 is 0 Å². The molecule has 1 heterocycles. The molecule has 0 aromatic heterocycles. The molecule has 6 nitrogen and oxygen atoms in total. The van der Waals surface area contributed by atoms with Gasteiger partial charge in [0.15, 0.2) is 0 Å². The Balaban J connectivity index is 2.08. The predicted molar refractivity (Wildman–Crippen MR) is 99.7 cm³/mol. The first-order valence-electron chi connectivity index (χ1n) is 8.48. The van der Waals surface area contributed by atoms with Crippen molar-refractivity contribution in [3.63, 3.8) is 0 Å². The molecular formula is C20H19F2N3O3. The highest BCUT2D eigenvalue weighted by Crippen LogP contribution is 2.34. The van der Waals surface area contributed by atoms with Gasteiger partial charge in [-0.2, -0.15) is 0 Å². The van der Waals surface area contributed by atoms with Gasteiger partial charge in [0.25, 0.3) is 5.91 Å². The lowest BCUT2D eigenvalue weighted by Crippen LogP contribution is -2.47. The van der Waals surface area contributed by atoms with Crippen molar-refractivity contribution in [1.29, 1.82) is 0 Å². The molecule has 0 saturated carbocycles. The second kappa shape index (κ2) is 7.67. The van der Waals surface area contributed by atoms with Crippen LogP contribution in [0.2, 0.25) is 0 Å². The summed E-state index contributed by atoms with van der Waals surface area (Å²) in [6.07, 6.45) is 0. The molecule has 3 rings (SSSR count). The summed E-state index contributed by atoms with van der Waals surface area (Å²) in [5.74, 6) is -1.90. The second-order valence-corrected chi connectivity index (χ2v) is 6.23. The number of nitrogens with zero attached hydrogens (tertiary/aromatic N) is 1. The standard InChI is InChI=1S/C20H19F2N3O3/c1-11-16(19(26)23-14-9-4-5-10-15(14)28-3)18(24-20(27)25(11)2)17-12(21)7-6-8-13(17)22/h4-10,18H,1-3H3,(H,23,26)(H,24,27)/t18-/m1/s1. The molecule has 2 N–H and O–H groups in total. The maximum atomic E-state index is 14.4. The Morgan fingerprint density at radius 1 is 1.14 bits per heavy atom. The van der Waals surface area contributed by atoms with Crippen molar-refractivity contribution in [2.24, 2.45) is 0 Å². The number of carbonyl (C=O) groups excluding carboxylic acids is 2. The highest BCUT2D eigenvalue weighted by molar-refractivity contribution is 6.07. The summed E-state index contributed by atoms with van der Waals surface area (Å²) in [4.78, 5) is 26.5. The van der Waals surface area contributed by atoms with Crippen LogP contribution in [0.1, 0.15) is 18.5 Å². The highest BCUT2D eigenvalue weighted by atomic mass is 19.1. The Morgan fingerprint density at radius 3 is 2.43 bits per heavy atom. The van der Waals surface area contributed by atoms with E-state index in [1.807, 2.05) is 0 Å². The Bertz CT molecular complexity index is 955. The van der Waals surface area contributed by atoms with Crippen LogP contribution in [0.15, 0.2) is 53.7 Å². The van der Waals surface area contributed by atoms with Gasteiger partial charge in [-0.1, -0.05) is 18.2 Å². The SMILES string of the molecule is COc1ccccc1NC(=O)C1=C(C)N(C)C(=O)N[C@H]1c1c(F)cccc1F. The van der Waals surface area contributed by atoms with Crippen molar-refractivity contribution < 1.29 is 23.1 Å². The number of rotatable bonds is 4. The van der Waals surface area contributed by atoms with Gasteiger partial charge in [-0.15, -0.1) is 0 Å². The number of anilines is 1. The summed E-state index contributed by atoms with van der Waals surface area (Å²) in [5.41, 5.74) is 0.303. The van der Waals surface area contributed by atoms with E-state index in [1.54, 1.807) is 31.2 Å². The molecule has 2 aromatic carbocycles. The van der Waals surface area contributed by atoms with E-state index in [0.29, 0.717) is 11.4 Å². The van der Waals surface area contributed by atoms with Crippen LogP contribution in [0.5, 0.6) is 5.75 Å². The average Bonchev–Trinajstić information content (AvgIpc) is 2.66. The first-order chi connectivity index (χ1) is 13.3. The molecule has 0 unspecified atom stereocenters. The summed E-state index contributed by atoms with van der Waals surface area (Å²) in [5, 5.41) is 5.19. The summed E-state index contributed by atoms with van der Waals surface area (Å²) >= 11 is 0. The van der Waals surface area contributed by atoms with Gasteiger partial charge < -0.3 is 20.3 Å². The molecule has 1 aliphatic heterocycles. The number of allylic oxidation sites excluding steroid dienone is 1. The van der Waals surface area contributed by atoms with E-state index in [4.69, 9.17) is 4.74 Å². The fourth-order valence-electron chi connectivity index (χ4n) is 3.07. The molecule has 0 fully saturated rings. The molecule has 1 aliphatic rings. The monoisotopic (exact) mass is 387 g/mol. The molecule has 0 aliphatic carbocycles. The number of amides is 3. The molecule has 3 amide bonds. The van der Waals surface area contributed by atoms with E-state index < -0.39 is 35.2 Å². The Kier molecular flexibility index (Phi) is 5.30. The summed E-state index contributed by atoms with van der Waals surface area (Å²) in [6, 6.07) is 8.28. The molecule has 28 heavy (non-hydrogen) atoms. The lowest BCUT2D eigenvalue weighted by Gasteiger charge is -2.34. The van der Waals surface area contributed by atoms with Gasteiger partial charge in [0.2, 0.25) is 0 Å². The van der Waals surface area contributed by atoms with Crippen molar-refractivity contribution in [3.05, 3.63) is 70.9 Å². The fraction of sp³-hybridized carbons (Fsp3) is 0.200. The minimum absolute atomic E-state index is 0.0250. The number of para-hydroxylation sites is 2. The minimum Gasteiger partial charge on any atom is -0.495 e. The molecule has 0 saturated heterocycles. The van der Waals surface area contributed by atoms with Crippen LogP contribution in [0.3, 0.4) is 0 Å². The Morgan fingerprint density at radius 2 is 1.79 bits per heavy atom. The number of methoxy groups -OCH3 is 1. The third-order valence-electron chi connectivity index (χ3n) is 4.64. The number of urea groups is 1. The van der Waals surface area contributed by atoms with Crippen LogP contribution in [-0.2, 0) is 4.79 Å². The molecule has 0 spiro atoms. The zero-order chi connectivity index (χ0) is 20.4. The zero-order valence-corrected chi connectivity index (χ0v) is 15.5. The molecule has 1 atom stereocenters. The second-order valence-electron chi connectivity index (χ2n) is 6.23. The Labute approximate surface area is 160 Å². The number of hydrogen-bond donors (Lipinski definition) is 2. The van der Waals surface area contributed by atoms with Gasteiger partial charge in [-0.3, -0.25) is 4.79 Å². The Hall–Kier alpha value is -3.42. The van der Waals surface area contributed by atoms with Crippen molar-refractivity contribution in [1.82, 2.24) is 10.2 Å². The fourth-order valence-corrected chi connectivity index (χ4v) is 3.07. The van der Waals surface area contributed by atoms with Crippen molar-refractivity contribution >= 4 is 17.6 Å². The number of ether oxygens (including phenoxy) is 1. The highest BCUT2D eigenvalue weighted by Gasteiger charge is 2.37. The van der Waals surface area contributed by atoms with Crippen LogP contribution in [0.4, 0.5) is 19.3 Å². The normalized spacial score (nSPS) is 16.7. The number of nitrogens with one attached hydrogen (secondary N) is 2. The molecule has 146 valence electrons. The molecular weight excluding hydrogens is 368 g/mol. The summed E-state index contributed by atoms with van der Waals surface area (Å²) in [7, 11) is 2.93. The number of benzene rings is 2. The first-order valence-corrected chi connectivity index (χ1v) is 8.48. The topological polar surface area (TPSA) is 70.7 Å². The van der Waals surface area contributed by atoms with Gasteiger partial charge in [0, 0.05) is 12.7 Å². The van der Waals surface area contributed by atoms with Crippen LogP contribution in [-0.4, -0.2) is 31.0 Å². The number of hydrogen-bond acceptors (Lipinski definition) is 3. The molecule has 2 aromatic rings. The number of halogens is 2. The molecule has 8 heteroatoms. The maximum absolute atomic E-state index is 14.4. The summed E-state index contributed by atoms with van der Waals surface area (Å²) < 4.78 is 34.0. The lowest BCUT2D eigenvalue weighted by molar-refractivity contribution is -0.113. The van der Waals surface area contributed by atoms with Gasteiger partial charge in [-0.25, -0.2) is 13.6 Å². The maximum Gasteiger partial charge on any atom is 0.322 e. The van der Waals surface area contributed by atoms with E-state index >= 15 is 0 Å². The largest absolute Gasteiger partial charge is 0.495 e.